The average molecular weight is 326 g/mol. The van der Waals surface area contributed by atoms with Gasteiger partial charge in [-0.2, -0.15) is 13.2 Å². The van der Waals surface area contributed by atoms with Crippen LogP contribution in [-0.4, -0.2) is 34.7 Å². The number of rotatable bonds is 7. The second-order valence-electron chi connectivity index (χ2n) is 4.34. The maximum atomic E-state index is 12.9. The molecule has 1 aromatic carbocycles. The van der Waals surface area contributed by atoms with Gasteiger partial charge >= 0.3 is 6.18 Å². The molecule has 0 heterocycles. The minimum absolute atomic E-state index is 0.0185. The summed E-state index contributed by atoms with van der Waals surface area (Å²) in [5, 5.41) is 0. The summed E-state index contributed by atoms with van der Waals surface area (Å²) in [5.74, 6) is 0. The van der Waals surface area contributed by atoms with Crippen molar-refractivity contribution in [3.05, 3.63) is 29.8 Å². The van der Waals surface area contributed by atoms with Crippen molar-refractivity contribution in [3.8, 4) is 0 Å². The molecule has 0 saturated heterocycles. The van der Waals surface area contributed by atoms with Gasteiger partial charge in [-0.25, -0.2) is 13.1 Å². The number of benzene rings is 1. The molecule has 0 aliphatic carbocycles. The van der Waals surface area contributed by atoms with Crippen molar-refractivity contribution in [1.29, 1.82) is 0 Å². The van der Waals surface area contributed by atoms with E-state index in [1.165, 1.54) is 13.2 Å². The highest BCUT2D eigenvalue weighted by Gasteiger charge is 2.37. The molecule has 1 aromatic rings. The Morgan fingerprint density at radius 3 is 2.48 bits per heavy atom. The molecule has 0 aliphatic heterocycles. The Hall–Kier alpha value is -1.16. The Morgan fingerprint density at radius 1 is 1.33 bits per heavy atom. The van der Waals surface area contributed by atoms with Crippen molar-refractivity contribution in [2.45, 2.75) is 23.5 Å². The van der Waals surface area contributed by atoms with Crippen LogP contribution in [0.5, 0.6) is 0 Å². The summed E-state index contributed by atoms with van der Waals surface area (Å²) in [7, 11) is -2.96. The average Bonchev–Trinajstić information content (AvgIpc) is 2.38. The van der Waals surface area contributed by atoms with Gasteiger partial charge in [-0.1, -0.05) is 12.1 Å². The molecule has 21 heavy (non-hydrogen) atoms. The van der Waals surface area contributed by atoms with E-state index in [1.54, 1.807) is 0 Å². The summed E-state index contributed by atoms with van der Waals surface area (Å²) in [6.45, 7) is 0.197. The van der Waals surface area contributed by atoms with Crippen molar-refractivity contribution in [2.24, 2.45) is 5.73 Å². The molecule has 0 aliphatic rings. The normalized spacial score (nSPS) is 14.1. The monoisotopic (exact) mass is 326 g/mol. The maximum Gasteiger partial charge on any atom is 0.417 e. The molecule has 1 unspecified atom stereocenters. The van der Waals surface area contributed by atoms with Crippen LogP contribution >= 0.6 is 0 Å². The minimum Gasteiger partial charge on any atom is -0.383 e. The van der Waals surface area contributed by atoms with Crippen molar-refractivity contribution >= 4 is 10.0 Å². The molecule has 1 atom stereocenters. The molecule has 0 bridgehead atoms. The summed E-state index contributed by atoms with van der Waals surface area (Å²) in [6, 6.07) is 3.32. The first kappa shape index (κ1) is 17.9. The lowest BCUT2D eigenvalue weighted by Crippen LogP contribution is -2.40. The summed E-state index contributed by atoms with van der Waals surface area (Å²) < 4.78 is 70.0. The minimum atomic E-state index is -4.75. The number of ether oxygens (including phenoxy) is 1. The van der Waals surface area contributed by atoms with E-state index < -0.39 is 32.7 Å². The van der Waals surface area contributed by atoms with Crippen molar-refractivity contribution in [3.63, 3.8) is 0 Å². The van der Waals surface area contributed by atoms with Gasteiger partial charge in [0.1, 0.15) is 0 Å². The first-order chi connectivity index (χ1) is 9.72. The predicted molar refractivity (Wildman–Crippen MR) is 71.1 cm³/mol. The fourth-order valence-corrected chi connectivity index (χ4v) is 3.28. The third-order valence-corrected chi connectivity index (χ3v) is 4.27. The molecular weight excluding hydrogens is 309 g/mol. The van der Waals surface area contributed by atoms with Gasteiger partial charge in [0, 0.05) is 13.2 Å². The van der Waals surface area contributed by atoms with Crippen LogP contribution in [0, 0.1) is 0 Å². The highest BCUT2D eigenvalue weighted by Crippen LogP contribution is 2.33. The van der Waals surface area contributed by atoms with Gasteiger partial charge in [0.15, 0.2) is 0 Å². The highest BCUT2D eigenvalue weighted by molar-refractivity contribution is 7.89. The quantitative estimate of drug-likeness (QED) is 0.792. The number of hydrogen-bond donors (Lipinski definition) is 2. The number of hydrogen-bond acceptors (Lipinski definition) is 4. The van der Waals surface area contributed by atoms with Gasteiger partial charge in [-0.05, 0) is 25.1 Å². The van der Waals surface area contributed by atoms with Gasteiger partial charge in [-0.15, -0.1) is 0 Å². The SMILES string of the molecule is COCC(CCN)NS(=O)(=O)c1ccccc1C(F)(F)F. The van der Waals surface area contributed by atoms with E-state index in [0.29, 0.717) is 0 Å². The predicted octanol–water partition coefficient (Wildman–Crippen LogP) is 1.35. The second kappa shape index (κ2) is 7.21. The molecule has 0 radical (unpaired) electrons. The third kappa shape index (κ3) is 4.95. The summed E-state index contributed by atoms with van der Waals surface area (Å²) in [6.07, 6.45) is -4.50. The molecule has 0 fully saturated rings. The fraction of sp³-hybridized carbons (Fsp3) is 0.500. The smallest absolute Gasteiger partial charge is 0.383 e. The van der Waals surface area contributed by atoms with Gasteiger partial charge in [-0.3, -0.25) is 0 Å². The van der Waals surface area contributed by atoms with Gasteiger partial charge < -0.3 is 10.5 Å². The van der Waals surface area contributed by atoms with Crippen LogP contribution in [0.2, 0.25) is 0 Å². The number of halogens is 3. The molecule has 0 aromatic heterocycles. The van der Waals surface area contributed by atoms with E-state index in [4.69, 9.17) is 10.5 Å². The zero-order valence-corrected chi connectivity index (χ0v) is 12.2. The molecule has 9 heteroatoms. The van der Waals surface area contributed by atoms with Gasteiger partial charge in [0.05, 0.1) is 17.1 Å². The van der Waals surface area contributed by atoms with E-state index in [-0.39, 0.29) is 19.6 Å². The molecule has 0 saturated carbocycles. The summed E-state index contributed by atoms with van der Waals surface area (Å²) >= 11 is 0. The van der Waals surface area contributed by atoms with Gasteiger partial charge in [0.2, 0.25) is 10.0 Å². The molecule has 1 rings (SSSR count). The lowest BCUT2D eigenvalue weighted by Gasteiger charge is -2.19. The zero-order valence-electron chi connectivity index (χ0n) is 11.4. The van der Waals surface area contributed by atoms with Crippen LogP contribution in [-0.2, 0) is 20.9 Å². The third-order valence-electron chi connectivity index (χ3n) is 2.69. The topological polar surface area (TPSA) is 81.4 Å². The van der Waals surface area contributed by atoms with Crippen LogP contribution in [0.15, 0.2) is 29.2 Å². The number of nitrogens with one attached hydrogen (secondary N) is 1. The van der Waals surface area contributed by atoms with Crippen molar-refractivity contribution < 1.29 is 26.3 Å². The van der Waals surface area contributed by atoms with E-state index in [1.807, 2.05) is 0 Å². The second-order valence-corrected chi connectivity index (χ2v) is 6.03. The molecule has 3 N–H and O–H groups in total. The Bertz CT molecular complexity index is 555. The molecular formula is C12H17F3N2O3S. The number of alkyl halides is 3. The fourth-order valence-electron chi connectivity index (χ4n) is 1.80. The first-order valence-electron chi connectivity index (χ1n) is 6.10. The first-order valence-corrected chi connectivity index (χ1v) is 7.58. The molecule has 0 amide bonds. The number of nitrogens with two attached hydrogens (primary N) is 1. The van der Waals surface area contributed by atoms with E-state index in [2.05, 4.69) is 4.72 Å². The summed E-state index contributed by atoms with van der Waals surface area (Å²) in [5.41, 5.74) is 4.14. The number of sulfonamides is 1. The molecule has 0 spiro atoms. The molecule has 120 valence electrons. The zero-order chi connectivity index (χ0) is 16.1. The van der Waals surface area contributed by atoms with Crippen LogP contribution in [0.4, 0.5) is 13.2 Å². The van der Waals surface area contributed by atoms with Crippen molar-refractivity contribution in [2.75, 3.05) is 20.3 Å². The lowest BCUT2D eigenvalue weighted by molar-refractivity contribution is -0.139. The van der Waals surface area contributed by atoms with E-state index in [0.717, 1.165) is 18.2 Å². The van der Waals surface area contributed by atoms with Crippen LogP contribution in [0.1, 0.15) is 12.0 Å². The van der Waals surface area contributed by atoms with E-state index >= 15 is 0 Å². The van der Waals surface area contributed by atoms with Crippen LogP contribution in [0.3, 0.4) is 0 Å². The van der Waals surface area contributed by atoms with E-state index in [9.17, 15) is 21.6 Å². The van der Waals surface area contributed by atoms with Crippen LogP contribution in [0.25, 0.3) is 0 Å². The Kier molecular flexibility index (Phi) is 6.14. The Labute approximate surface area is 121 Å². The lowest BCUT2D eigenvalue weighted by atomic mass is 10.2. The standard InChI is InChI=1S/C12H17F3N2O3S/c1-20-8-9(6-7-16)17-21(18,19)11-5-3-2-4-10(11)12(13,14)15/h2-5,9,17H,6-8,16H2,1H3. The van der Waals surface area contributed by atoms with Gasteiger partial charge in [0.25, 0.3) is 0 Å². The number of methoxy groups -OCH3 is 1. The van der Waals surface area contributed by atoms with Crippen molar-refractivity contribution in [1.82, 2.24) is 4.72 Å². The molecule has 5 nitrogen and oxygen atoms in total. The Balaban J connectivity index is 3.13. The highest BCUT2D eigenvalue weighted by atomic mass is 32.2. The largest absolute Gasteiger partial charge is 0.417 e. The maximum absolute atomic E-state index is 12.9. The summed E-state index contributed by atoms with van der Waals surface area (Å²) in [4.78, 5) is -0.810. The Morgan fingerprint density at radius 2 is 1.95 bits per heavy atom. The van der Waals surface area contributed by atoms with Crippen LogP contribution < -0.4 is 10.5 Å².